The molecule has 2 atom stereocenters. The molecule has 1 aliphatic carbocycles. The zero-order valence-corrected chi connectivity index (χ0v) is 8.70. The monoisotopic (exact) mass is 200 g/mol. The summed E-state index contributed by atoms with van der Waals surface area (Å²) in [5.41, 5.74) is -1.96. The van der Waals surface area contributed by atoms with Gasteiger partial charge in [0.2, 0.25) is 0 Å². The van der Waals surface area contributed by atoms with Gasteiger partial charge >= 0.3 is 5.97 Å². The van der Waals surface area contributed by atoms with Crippen molar-refractivity contribution in [2.24, 2.45) is 5.41 Å². The summed E-state index contributed by atoms with van der Waals surface area (Å²) in [4.78, 5) is 11.0. The maximum absolute atomic E-state index is 11.0. The lowest BCUT2D eigenvalue weighted by Crippen LogP contribution is -2.39. The van der Waals surface area contributed by atoms with E-state index in [4.69, 9.17) is 9.84 Å². The van der Waals surface area contributed by atoms with E-state index in [1.54, 1.807) is 13.8 Å². The van der Waals surface area contributed by atoms with E-state index in [9.17, 15) is 9.90 Å². The van der Waals surface area contributed by atoms with Crippen LogP contribution < -0.4 is 0 Å². The summed E-state index contributed by atoms with van der Waals surface area (Å²) in [5, 5.41) is 18.9. The van der Waals surface area contributed by atoms with Crippen LogP contribution in [0.5, 0.6) is 0 Å². The van der Waals surface area contributed by atoms with Crippen LogP contribution in [0.4, 0.5) is 0 Å². The van der Waals surface area contributed by atoms with Crippen LogP contribution in [0.25, 0.3) is 0 Å². The Balaban J connectivity index is 3.06. The normalized spacial score (nSPS) is 37.6. The largest absolute Gasteiger partial charge is 0.498 e. The quantitative estimate of drug-likeness (QED) is 0.701. The van der Waals surface area contributed by atoms with Crippen LogP contribution in [0.1, 0.15) is 26.7 Å². The van der Waals surface area contributed by atoms with Crippen molar-refractivity contribution >= 4 is 5.97 Å². The lowest BCUT2D eigenvalue weighted by Gasteiger charge is -2.35. The molecule has 0 aromatic rings. The predicted molar refractivity (Wildman–Crippen MR) is 50.7 cm³/mol. The molecule has 0 saturated carbocycles. The van der Waals surface area contributed by atoms with E-state index in [0.29, 0.717) is 18.6 Å². The second-order valence-corrected chi connectivity index (χ2v) is 4.21. The maximum Gasteiger partial charge on any atom is 0.313 e. The van der Waals surface area contributed by atoms with Gasteiger partial charge in [-0.05, 0) is 32.8 Å². The highest BCUT2D eigenvalue weighted by Crippen LogP contribution is 2.39. The Kier molecular flexibility index (Phi) is 2.58. The highest BCUT2D eigenvalue weighted by molar-refractivity contribution is 5.77. The molecule has 0 bridgehead atoms. The van der Waals surface area contributed by atoms with E-state index in [1.807, 2.05) is 0 Å². The van der Waals surface area contributed by atoms with Crippen LogP contribution in [0, 0.1) is 5.41 Å². The third kappa shape index (κ3) is 1.75. The minimum atomic E-state index is -1.04. The number of ether oxygens (including phenoxy) is 1. The van der Waals surface area contributed by atoms with E-state index in [1.165, 1.54) is 13.2 Å². The van der Waals surface area contributed by atoms with Crippen molar-refractivity contribution in [2.45, 2.75) is 32.3 Å². The first-order valence-electron chi connectivity index (χ1n) is 4.55. The van der Waals surface area contributed by atoms with Gasteiger partial charge in [0.25, 0.3) is 0 Å². The van der Waals surface area contributed by atoms with Crippen LogP contribution >= 0.6 is 0 Å². The SMILES string of the molecule is COC1=CC(C)(C(=O)O)CCC1(C)O. The summed E-state index contributed by atoms with van der Waals surface area (Å²) in [6, 6.07) is 0. The summed E-state index contributed by atoms with van der Waals surface area (Å²) < 4.78 is 5.00. The van der Waals surface area contributed by atoms with Gasteiger partial charge in [0.05, 0.1) is 12.5 Å². The zero-order chi connectivity index (χ0) is 11.0. The Hall–Kier alpha value is -1.03. The summed E-state index contributed by atoms with van der Waals surface area (Å²) in [6.45, 7) is 3.26. The molecule has 0 spiro atoms. The molecule has 0 fully saturated rings. The summed E-state index contributed by atoms with van der Waals surface area (Å²) in [5.74, 6) is -0.545. The van der Waals surface area contributed by atoms with Gasteiger partial charge in [-0.15, -0.1) is 0 Å². The van der Waals surface area contributed by atoms with Crippen LogP contribution in [0.3, 0.4) is 0 Å². The fourth-order valence-corrected chi connectivity index (χ4v) is 1.59. The number of rotatable bonds is 2. The van der Waals surface area contributed by atoms with Gasteiger partial charge in [-0.2, -0.15) is 0 Å². The van der Waals surface area contributed by atoms with E-state index in [-0.39, 0.29) is 0 Å². The molecule has 14 heavy (non-hydrogen) atoms. The number of hydrogen-bond donors (Lipinski definition) is 2. The number of aliphatic carboxylic acids is 1. The van der Waals surface area contributed by atoms with E-state index in [2.05, 4.69) is 0 Å². The standard InChI is InChI=1S/C10H16O4/c1-9(8(11)12)4-5-10(2,13)7(6-9)14-3/h6,13H,4-5H2,1-3H3,(H,11,12). The van der Waals surface area contributed by atoms with E-state index in [0.717, 1.165) is 0 Å². The number of carboxylic acid groups (broad SMARTS) is 1. The summed E-state index contributed by atoms with van der Waals surface area (Å²) in [7, 11) is 1.44. The zero-order valence-electron chi connectivity index (χ0n) is 8.70. The number of hydrogen-bond acceptors (Lipinski definition) is 3. The van der Waals surface area contributed by atoms with Crippen molar-refractivity contribution in [1.29, 1.82) is 0 Å². The van der Waals surface area contributed by atoms with Gasteiger partial charge in [0.1, 0.15) is 11.4 Å². The molecule has 1 rings (SSSR count). The number of carboxylic acids is 1. The Labute approximate surface area is 83.2 Å². The second kappa shape index (κ2) is 3.28. The maximum atomic E-state index is 11.0. The molecule has 4 heteroatoms. The predicted octanol–water partition coefficient (Wildman–Crippen LogP) is 1.15. The van der Waals surface area contributed by atoms with Crippen molar-refractivity contribution in [1.82, 2.24) is 0 Å². The molecule has 0 heterocycles. The first kappa shape index (κ1) is 11.0. The molecule has 0 aromatic heterocycles. The molecule has 2 N–H and O–H groups in total. The molecule has 0 aromatic carbocycles. The number of aliphatic hydroxyl groups is 1. The minimum Gasteiger partial charge on any atom is -0.498 e. The molecule has 1 aliphatic rings. The lowest BCUT2D eigenvalue weighted by molar-refractivity contribution is -0.147. The van der Waals surface area contributed by atoms with Gasteiger partial charge < -0.3 is 14.9 Å². The van der Waals surface area contributed by atoms with E-state index >= 15 is 0 Å². The van der Waals surface area contributed by atoms with Gasteiger partial charge in [0.15, 0.2) is 0 Å². The van der Waals surface area contributed by atoms with Gasteiger partial charge in [-0.3, -0.25) is 4.79 Å². The first-order chi connectivity index (χ1) is 6.32. The van der Waals surface area contributed by atoms with Gasteiger partial charge in [0, 0.05) is 0 Å². The fourth-order valence-electron chi connectivity index (χ4n) is 1.59. The van der Waals surface area contributed by atoms with Gasteiger partial charge in [-0.1, -0.05) is 0 Å². The lowest BCUT2D eigenvalue weighted by atomic mass is 9.75. The van der Waals surface area contributed by atoms with Crippen molar-refractivity contribution in [2.75, 3.05) is 7.11 Å². The fraction of sp³-hybridized carbons (Fsp3) is 0.700. The minimum absolute atomic E-state index is 0.341. The molecule has 0 saturated heterocycles. The Morgan fingerprint density at radius 3 is 2.50 bits per heavy atom. The second-order valence-electron chi connectivity index (χ2n) is 4.21. The molecule has 0 radical (unpaired) electrons. The average molecular weight is 200 g/mol. The van der Waals surface area contributed by atoms with E-state index < -0.39 is 17.0 Å². The molecule has 0 aliphatic heterocycles. The Bertz CT molecular complexity index is 280. The Morgan fingerprint density at radius 1 is 1.50 bits per heavy atom. The number of methoxy groups -OCH3 is 1. The molecule has 4 nitrogen and oxygen atoms in total. The highest BCUT2D eigenvalue weighted by atomic mass is 16.5. The number of carbonyl (C=O) groups is 1. The van der Waals surface area contributed by atoms with Crippen molar-refractivity contribution in [3.05, 3.63) is 11.8 Å². The summed E-state index contributed by atoms with van der Waals surface area (Å²) >= 11 is 0. The molecule has 0 amide bonds. The first-order valence-corrected chi connectivity index (χ1v) is 4.55. The van der Waals surface area contributed by atoms with Gasteiger partial charge in [-0.25, -0.2) is 0 Å². The van der Waals surface area contributed by atoms with Crippen LogP contribution in [-0.4, -0.2) is 28.9 Å². The summed E-state index contributed by atoms with van der Waals surface area (Å²) in [6.07, 6.45) is 2.32. The molecular formula is C10H16O4. The third-order valence-corrected chi connectivity index (χ3v) is 2.82. The topological polar surface area (TPSA) is 66.8 Å². The molecule has 80 valence electrons. The third-order valence-electron chi connectivity index (χ3n) is 2.82. The van der Waals surface area contributed by atoms with Crippen molar-refractivity contribution in [3.63, 3.8) is 0 Å². The van der Waals surface area contributed by atoms with Crippen LogP contribution in [0.2, 0.25) is 0 Å². The highest BCUT2D eigenvalue weighted by Gasteiger charge is 2.42. The average Bonchev–Trinajstić information content (AvgIpc) is 2.09. The van der Waals surface area contributed by atoms with Crippen LogP contribution in [-0.2, 0) is 9.53 Å². The molecular weight excluding hydrogens is 184 g/mol. The Morgan fingerprint density at radius 2 is 2.07 bits per heavy atom. The molecule has 2 unspecified atom stereocenters. The van der Waals surface area contributed by atoms with Crippen LogP contribution in [0.15, 0.2) is 11.8 Å². The van der Waals surface area contributed by atoms with Crippen molar-refractivity contribution in [3.8, 4) is 0 Å². The smallest absolute Gasteiger partial charge is 0.313 e. The van der Waals surface area contributed by atoms with Crippen molar-refractivity contribution < 1.29 is 19.7 Å².